The summed E-state index contributed by atoms with van der Waals surface area (Å²) >= 11 is 0. The average molecular weight is 311 g/mol. The van der Waals surface area contributed by atoms with E-state index in [4.69, 9.17) is 10.5 Å². The van der Waals surface area contributed by atoms with E-state index in [2.05, 4.69) is 4.90 Å². The number of piperazine rings is 1. The molecule has 1 fully saturated rings. The number of nitrogen functional groups attached to an aromatic ring is 1. The quantitative estimate of drug-likeness (QED) is 0.883. The molecule has 2 aromatic carbocycles. The summed E-state index contributed by atoms with van der Waals surface area (Å²) in [6, 6.07) is 15.1. The number of carbonyl (C=O) groups excluding carboxylic acids is 1. The SMILES string of the molecule is COc1ccc(C(=O)N2CCN(c3ccc(N)cc3)CC2)cc1. The molecule has 0 spiro atoms. The number of ether oxygens (including phenoxy) is 1. The summed E-state index contributed by atoms with van der Waals surface area (Å²) in [6.07, 6.45) is 0. The molecular weight excluding hydrogens is 290 g/mol. The van der Waals surface area contributed by atoms with Gasteiger partial charge in [0.15, 0.2) is 0 Å². The Hall–Kier alpha value is -2.69. The Morgan fingerprint density at radius 3 is 2.13 bits per heavy atom. The maximum atomic E-state index is 12.5. The third kappa shape index (κ3) is 3.39. The molecule has 1 amide bonds. The van der Waals surface area contributed by atoms with Crippen molar-refractivity contribution in [1.82, 2.24) is 4.90 Å². The third-order valence-electron chi connectivity index (χ3n) is 4.16. The molecule has 2 N–H and O–H groups in total. The molecular formula is C18H21N3O2. The number of anilines is 2. The molecule has 0 saturated carbocycles. The molecule has 0 aliphatic carbocycles. The summed E-state index contributed by atoms with van der Waals surface area (Å²) in [5.74, 6) is 0.833. The van der Waals surface area contributed by atoms with Crippen molar-refractivity contribution in [3.63, 3.8) is 0 Å². The van der Waals surface area contributed by atoms with Gasteiger partial charge in [0.2, 0.25) is 0 Å². The van der Waals surface area contributed by atoms with Gasteiger partial charge in [0, 0.05) is 43.1 Å². The highest BCUT2D eigenvalue weighted by Gasteiger charge is 2.22. The average Bonchev–Trinajstić information content (AvgIpc) is 2.62. The normalized spacial score (nSPS) is 14.7. The van der Waals surface area contributed by atoms with E-state index in [9.17, 15) is 4.79 Å². The highest BCUT2D eigenvalue weighted by atomic mass is 16.5. The summed E-state index contributed by atoms with van der Waals surface area (Å²) in [6.45, 7) is 3.09. The predicted octanol–water partition coefficient (Wildman–Crippen LogP) is 2.24. The minimum absolute atomic E-state index is 0.0737. The van der Waals surface area contributed by atoms with Crippen LogP contribution in [0.2, 0.25) is 0 Å². The number of nitrogens with two attached hydrogens (primary N) is 1. The zero-order chi connectivity index (χ0) is 16.2. The second kappa shape index (κ2) is 6.60. The van der Waals surface area contributed by atoms with Crippen LogP contribution in [0.25, 0.3) is 0 Å². The number of benzene rings is 2. The van der Waals surface area contributed by atoms with Crippen LogP contribution in [-0.4, -0.2) is 44.1 Å². The van der Waals surface area contributed by atoms with Crippen LogP contribution in [0, 0.1) is 0 Å². The molecule has 1 heterocycles. The number of methoxy groups -OCH3 is 1. The minimum Gasteiger partial charge on any atom is -0.497 e. The molecule has 1 saturated heterocycles. The number of rotatable bonds is 3. The molecule has 3 rings (SSSR count). The first-order valence-corrected chi connectivity index (χ1v) is 7.71. The summed E-state index contributed by atoms with van der Waals surface area (Å²) < 4.78 is 5.13. The maximum Gasteiger partial charge on any atom is 0.253 e. The molecule has 0 radical (unpaired) electrons. The number of nitrogens with zero attached hydrogens (tertiary/aromatic N) is 2. The van der Waals surface area contributed by atoms with Gasteiger partial charge in [-0.3, -0.25) is 4.79 Å². The van der Waals surface area contributed by atoms with Crippen molar-refractivity contribution in [2.75, 3.05) is 43.9 Å². The fourth-order valence-corrected chi connectivity index (χ4v) is 2.77. The van der Waals surface area contributed by atoms with Gasteiger partial charge in [0.25, 0.3) is 5.91 Å². The van der Waals surface area contributed by atoms with Gasteiger partial charge in [-0.15, -0.1) is 0 Å². The number of carbonyl (C=O) groups is 1. The van der Waals surface area contributed by atoms with Crippen molar-refractivity contribution in [3.05, 3.63) is 54.1 Å². The van der Waals surface area contributed by atoms with E-state index in [0.29, 0.717) is 5.56 Å². The Morgan fingerprint density at radius 1 is 0.957 bits per heavy atom. The summed E-state index contributed by atoms with van der Waals surface area (Å²) in [5.41, 5.74) is 8.34. The fourth-order valence-electron chi connectivity index (χ4n) is 2.77. The van der Waals surface area contributed by atoms with E-state index in [1.54, 1.807) is 7.11 Å². The van der Waals surface area contributed by atoms with Gasteiger partial charge in [-0.05, 0) is 48.5 Å². The first-order chi connectivity index (χ1) is 11.2. The third-order valence-corrected chi connectivity index (χ3v) is 4.16. The largest absolute Gasteiger partial charge is 0.497 e. The Morgan fingerprint density at radius 2 is 1.57 bits per heavy atom. The van der Waals surface area contributed by atoms with Gasteiger partial charge in [0.05, 0.1) is 7.11 Å². The van der Waals surface area contributed by atoms with Gasteiger partial charge >= 0.3 is 0 Å². The lowest BCUT2D eigenvalue weighted by molar-refractivity contribution is 0.0747. The molecule has 0 aromatic heterocycles. The molecule has 23 heavy (non-hydrogen) atoms. The highest BCUT2D eigenvalue weighted by Crippen LogP contribution is 2.19. The Bertz CT molecular complexity index is 660. The second-order valence-corrected chi connectivity index (χ2v) is 5.60. The standard InChI is InChI=1S/C18H21N3O2/c1-23-17-8-2-14(3-9-17)18(22)21-12-10-20(11-13-21)16-6-4-15(19)5-7-16/h2-9H,10-13,19H2,1H3. The molecule has 5 nitrogen and oxygen atoms in total. The zero-order valence-corrected chi connectivity index (χ0v) is 13.2. The highest BCUT2D eigenvalue weighted by molar-refractivity contribution is 5.94. The second-order valence-electron chi connectivity index (χ2n) is 5.60. The zero-order valence-electron chi connectivity index (χ0n) is 13.2. The lowest BCUT2D eigenvalue weighted by Gasteiger charge is -2.36. The van der Waals surface area contributed by atoms with E-state index in [0.717, 1.165) is 43.3 Å². The van der Waals surface area contributed by atoms with Gasteiger partial charge in [-0.2, -0.15) is 0 Å². The van der Waals surface area contributed by atoms with E-state index in [1.165, 1.54) is 0 Å². The Labute approximate surface area is 136 Å². The number of hydrogen-bond acceptors (Lipinski definition) is 4. The van der Waals surface area contributed by atoms with E-state index >= 15 is 0 Å². The van der Waals surface area contributed by atoms with Crippen molar-refractivity contribution in [3.8, 4) is 5.75 Å². The molecule has 5 heteroatoms. The van der Waals surface area contributed by atoms with E-state index < -0.39 is 0 Å². The molecule has 2 aromatic rings. The van der Waals surface area contributed by atoms with Crippen LogP contribution < -0.4 is 15.4 Å². The Kier molecular flexibility index (Phi) is 4.37. The van der Waals surface area contributed by atoms with Crippen LogP contribution in [0.1, 0.15) is 10.4 Å². The maximum absolute atomic E-state index is 12.5. The lowest BCUT2D eigenvalue weighted by atomic mass is 10.1. The van der Waals surface area contributed by atoms with Crippen LogP contribution in [0.3, 0.4) is 0 Å². The van der Waals surface area contributed by atoms with Gasteiger partial charge in [-0.25, -0.2) is 0 Å². The van der Waals surface area contributed by atoms with Crippen LogP contribution >= 0.6 is 0 Å². The summed E-state index contributed by atoms with van der Waals surface area (Å²) in [7, 11) is 1.62. The van der Waals surface area contributed by atoms with Crippen LogP contribution in [0.4, 0.5) is 11.4 Å². The van der Waals surface area contributed by atoms with Crippen molar-refractivity contribution in [2.45, 2.75) is 0 Å². The topological polar surface area (TPSA) is 58.8 Å². The molecule has 0 unspecified atom stereocenters. The number of hydrogen-bond donors (Lipinski definition) is 1. The van der Waals surface area contributed by atoms with Gasteiger partial charge < -0.3 is 20.3 Å². The summed E-state index contributed by atoms with van der Waals surface area (Å²) in [5, 5.41) is 0. The molecule has 1 aliphatic rings. The van der Waals surface area contributed by atoms with Crippen LogP contribution in [-0.2, 0) is 0 Å². The molecule has 120 valence electrons. The molecule has 0 atom stereocenters. The van der Waals surface area contributed by atoms with E-state index in [-0.39, 0.29) is 5.91 Å². The first-order valence-electron chi connectivity index (χ1n) is 7.71. The van der Waals surface area contributed by atoms with Crippen molar-refractivity contribution in [1.29, 1.82) is 0 Å². The smallest absolute Gasteiger partial charge is 0.253 e. The fraction of sp³-hybridized carbons (Fsp3) is 0.278. The monoisotopic (exact) mass is 311 g/mol. The first kappa shape index (κ1) is 15.2. The summed E-state index contributed by atoms with van der Waals surface area (Å²) in [4.78, 5) is 16.7. The Balaban J connectivity index is 1.61. The lowest BCUT2D eigenvalue weighted by Crippen LogP contribution is -2.48. The van der Waals surface area contributed by atoms with Crippen LogP contribution in [0.5, 0.6) is 5.75 Å². The minimum atomic E-state index is 0.0737. The van der Waals surface area contributed by atoms with Crippen molar-refractivity contribution in [2.24, 2.45) is 0 Å². The van der Waals surface area contributed by atoms with Gasteiger partial charge in [-0.1, -0.05) is 0 Å². The molecule has 1 aliphatic heterocycles. The van der Waals surface area contributed by atoms with Crippen molar-refractivity contribution >= 4 is 17.3 Å². The molecule has 0 bridgehead atoms. The van der Waals surface area contributed by atoms with Gasteiger partial charge in [0.1, 0.15) is 5.75 Å². The van der Waals surface area contributed by atoms with Crippen molar-refractivity contribution < 1.29 is 9.53 Å². The van der Waals surface area contributed by atoms with Crippen LogP contribution in [0.15, 0.2) is 48.5 Å². The van der Waals surface area contributed by atoms with E-state index in [1.807, 2.05) is 53.4 Å². The number of amides is 1. The predicted molar refractivity (Wildman–Crippen MR) is 92.0 cm³/mol.